The molecule has 2 aromatic rings. The molecule has 0 radical (unpaired) electrons. The van der Waals surface area contributed by atoms with E-state index in [1.807, 2.05) is 0 Å². The first-order valence-electron chi connectivity index (χ1n) is 9.93. The van der Waals surface area contributed by atoms with Crippen LogP contribution in [-0.2, 0) is 9.59 Å². The summed E-state index contributed by atoms with van der Waals surface area (Å²) in [6.07, 6.45) is 5.00. The number of hydrogen-bond donors (Lipinski definition) is 0. The Kier molecular flexibility index (Phi) is 4.17. The lowest BCUT2D eigenvalue weighted by atomic mass is 9.85. The van der Waals surface area contributed by atoms with Crippen LogP contribution >= 0.6 is 0 Å². The minimum absolute atomic E-state index is 0.0672. The van der Waals surface area contributed by atoms with Crippen LogP contribution in [-0.4, -0.2) is 23.6 Å². The minimum Gasteiger partial charge on any atom is -0.423 e. The van der Waals surface area contributed by atoms with Crippen molar-refractivity contribution in [1.82, 2.24) is 0 Å². The van der Waals surface area contributed by atoms with Crippen molar-refractivity contribution in [3.05, 3.63) is 71.8 Å². The van der Waals surface area contributed by atoms with Gasteiger partial charge in [-0.25, -0.2) is 4.79 Å². The van der Waals surface area contributed by atoms with Crippen molar-refractivity contribution in [1.29, 1.82) is 0 Å². The van der Waals surface area contributed by atoms with Gasteiger partial charge < -0.3 is 4.74 Å². The summed E-state index contributed by atoms with van der Waals surface area (Å²) in [5, 5.41) is 0. The number of carbonyl (C=O) groups is 4. The number of imide groups is 1. The molecule has 1 saturated heterocycles. The van der Waals surface area contributed by atoms with Crippen molar-refractivity contribution in [2.24, 2.45) is 23.7 Å². The number of benzene rings is 2. The van der Waals surface area contributed by atoms with Crippen LogP contribution < -0.4 is 9.64 Å². The number of fused-ring (bicyclic) bond motifs is 5. The molecule has 0 spiro atoms. The average Bonchev–Trinajstić information content (AvgIpc) is 3.42. The third kappa shape index (κ3) is 2.79. The molecule has 150 valence electrons. The molecule has 2 aliphatic carbocycles. The second-order valence-electron chi connectivity index (χ2n) is 8.03. The highest BCUT2D eigenvalue weighted by molar-refractivity contribution is 6.22. The van der Waals surface area contributed by atoms with E-state index in [-0.39, 0.29) is 41.3 Å². The van der Waals surface area contributed by atoms with E-state index in [1.165, 1.54) is 11.8 Å². The van der Waals surface area contributed by atoms with Gasteiger partial charge in [0.2, 0.25) is 11.8 Å². The summed E-state index contributed by atoms with van der Waals surface area (Å²) in [6.45, 7) is 1.47. The third-order valence-electron chi connectivity index (χ3n) is 6.30. The lowest BCUT2D eigenvalue weighted by Gasteiger charge is -2.17. The third-order valence-corrected chi connectivity index (χ3v) is 6.30. The number of nitrogens with zero attached hydrogens (tertiary/aromatic N) is 1. The van der Waals surface area contributed by atoms with Crippen molar-refractivity contribution < 1.29 is 23.9 Å². The van der Waals surface area contributed by atoms with Crippen molar-refractivity contribution in [2.75, 3.05) is 4.90 Å². The minimum atomic E-state index is -0.560. The lowest BCUT2D eigenvalue weighted by Crippen LogP contribution is -2.32. The fourth-order valence-electron chi connectivity index (χ4n) is 4.83. The van der Waals surface area contributed by atoms with Gasteiger partial charge in [0.05, 0.1) is 23.1 Å². The van der Waals surface area contributed by atoms with Crippen molar-refractivity contribution >= 4 is 29.3 Å². The molecular weight excluding hydrogens is 382 g/mol. The molecule has 6 heteroatoms. The number of amides is 2. The first-order valence-corrected chi connectivity index (χ1v) is 9.93. The Morgan fingerprint density at radius 3 is 1.90 bits per heavy atom. The monoisotopic (exact) mass is 401 g/mol. The maximum absolute atomic E-state index is 12.9. The van der Waals surface area contributed by atoms with E-state index in [1.54, 1.807) is 48.5 Å². The predicted octanol–water partition coefficient (Wildman–Crippen LogP) is 3.42. The molecule has 2 fully saturated rings. The Morgan fingerprint density at radius 2 is 1.37 bits per heavy atom. The van der Waals surface area contributed by atoms with Gasteiger partial charge in [-0.15, -0.1) is 0 Å². The Labute approximate surface area is 173 Å². The van der Waals surface area contributed by atoms with Gasteiger partial charge in [0.15, 0.2) is 5.78 Å². The van der Waals surface area contributed by atoms with Crippen LogP contribution in [0.4, 0.5) is 5.69 Å². The predicted molar refractivity (Wildman–Crippen MR) is 108 cm³/mol. The highest BCUT2D eigenvalue weighted by Gasteiger charge is 2.59. The summed E-state index contributed by atoms with van der Waals surface area (Å²) in [6, 6.07) is 12.6. The summed E-state index contributed by atoms with van der Waals surface area (Å²) in [4.78, 5) is 50.7. The number of allylic oxidation sites excluding steroid dienone is 2. The van der Waals surface area contributed by atoms with E-state index in [0.29, 0.717) is 22.6 Å². The Bertz CT molecular complexity index is 1070. The van der Waals surface area contributed by atoms with E-state index < -0.39 is 5.97 Å². The Balaban J connectivity index is 1.31. The van der Waals surface area contributed by atoms with Gasteiger partial charge in [-0.2, -0.15) is 0 Å². The highest BCUT2D eigenvalue weighted by atomic mass is 16.5. The zero-order valence-electron chi connectivity index (χ0n) is 16.3. The molecule has 1 heterocycles. The molecule has 3 aliphatic rings. The highest BCUT2D eigenvalue weighted by Crippen LogP contribution is 2.53. The second kappa shape index (κ2) is 6.76. The molecule has 2 bridgehead atoms. The average molecular weight is 401 g/mol. The number of ketones is 1. The van der Waals surface area contributed by atoms with Crippen LogP contribution in [0.1, 0.15) is 34.1 Å². The van der Waals surface area contributed by atoms with Crippen LogP contribution in [0.5, 0.6) is 5.75 Å². The smallest absolute Gasteiger partial charge is 0.343 e. The number of hydrogen-bond acceptors (Lipinski definition) is 5. The van der Waals surface area contributed by atoms with Gasteiger partial charge in [-0.3, -0.25) is 19.3 Å². The van der Waals surface area contributed by atoms with Crippen molar-refractivity contribution in [3.63, 3.8) is 0 Å². The first kappa shape index (κ1) is 18.5. The molecule has 6 nitrogen and oxygen atoms in total. The summed E-state index contributed by atoms with van der Waals surface area (Å²) in [5.41, 5.74) is 1.31. The van der Waals surface area contributed by atoms with Crippen molar-refractivity contribution in [3.8, 4) is 5.75 Å². The number of rotatable bonds is 4. The fourth-order valence-corrected chi connectivity index (χ4v) is 4.83. The van der Waals surface area contributed by atoms with Crippen LogP contribution in [0.15, 0.2) is 60.7 Å². The molecule has 30 heavy (non-hydrogen) atoms. The molecule has 0 N–H and O–H groups in total. The standard InChI is InChI=1S/C24H19NO5/c1-13(26)14-6-10-19(11-7-14)30-24(29)15-4-8-18(9-5-15)25-22(27)20-16-2-3-17(12-16)21(20)23(25)28/h2-11,16-17,20-21H,12H2,1H3/t16-,17+,20-,21-/m0/s1. The summed E-state index contributed by atoms with van der Waals surface area (Å²) in [5.74, 6) is -0.793. The number of ether oxygens (including phenoxy) is 1. The van der Waals surface area contributed by atoms with E-state index in [2.05, 4.69) is 12.2 Å². The van der Waals surface area contributed by atoms with Crippen LogP contribution in [0, 0.1) is 23.7 Å². The van der Waals surface area contributed by atoms with E-state index >= 15 is 0 Å². The summed E-state index contributed by atoms with van der Waals surface area (Å²) < 4.78 is 5.33. The molecule has 1 saturated carbocycles. The number of carbonyl (C=O) groups excluding carboxylic acids is 4. The zero-order valence-corrected chi connectivity index (χ0v) is 16.3. The van der Waals surface area contributed by atoms with Crippen LogP contribution in [0.2, 0.25) is 0 Å². The molecule has 1 aliphatic heterocycles. The maximum Gasteiger partial charge on any atom is 0.343 e. The normalized spacial score (nSPS) is 26.2. The van der Waals surface area contributed by atoms with Gasteiger partial charge in [0.25, 0.3) is 0 Å². The van der Waals surface area contributed by atoms with E-state index in [0.717, 1.165) is 6.42 Å². The van der Waals surface area contributed by atoms with Crippen LogP contribution in [0.3, 0.4) is 0 Å². The van der Waals surface area contributed by atoms with Gasteiger partial charge in [0, 0.05) is 5.56 Å². The Hall–Kier alpha value is -3.54. The molecule has 5 rings (SSSR count). The zero-order chi connectivity index (χ0) is 21.0. The number of Topliss-reactive ketones (excluding diaryl/α,β-unsaturated/α-hetero) is 1. The largest absolute Gasteiger partial charge is 0.423 e. The van der Waals surface area contributed by atoms with Gasteiger partial charge >= 0.3 is 5.97 Å². The quantitative estimate of drug-likeness (QED) is 0.258. The lowest BCUT2D eigenvalue weighted by molar-refractivity contribution is -0.123. The topological polar surface area (TPSA) is 80.8 Å². The number of esters is 1. The van der Waals surface area contributed by atoms with Crippen LogP contribution in [0.25, 0.3) is 0 Å². The molecule has 0 unspecified atom stereocenters. The fraction of sp³-hybridized carbons (Fsp3) is 0.250. The van der Waals surface area contributed by atoms with Crippen molar-refractivity contribution in [2.45, 2.75) is 13.3 Å². The van der Waals surface area contributed by atoms with Gasteiger partial charge in [0.1, 0.15) is 5.75 Å². The molecule has 2 aromatic carbocycles. The second-order valence-corrected chi connectivity index (χ2v) is 8.03. The molecule has 4 atom stereocenters. The summed E-state index contributed by atoms with van der Waals surface area (Å²) in [7, 11) is 0. The SMILES string of the molecule is CC(=O)c1ccc(OC(=O)c2ccc(N3C(=O)[C@@H]4[C@@H](C3=O)[C@H]3C=C[C@@H]4C3)cc2)cc1. The first-order chi connectivity index (χ1) is 14.4. The van der Waals surface area contributed by atoms with E-state index in [9.17, 15) is 19.2 Å². The Morgan fingerprint density at radius 1 is 0.833 bits per heavy atom. The molecule has 2 amide bonds. The summed E-state index contributed by atoms with van der Waals surface area (Å²) >= 11 is 0. The molecule has 0 aromatic heterocycles. The van der Waals surface area contributed by atoms with Gasteiger partial charge in [-0.1, -0.05) is 12.2 Å². The molecular formula is C24H19NO5. The maximum atomic E-state index is 12.9. The van der Waals surface area contributed by atoms with E-state index in [4.69, 9.17) is 4.74 Å². The van der Waals surface area contributed by atoms with Gasteiger partial charge in [-0.05, 0) is 73.7 Å². The number of anilines is 1.